The summed E-state index contributed by atoms with van der Waals surface area (Å²) >= 11 is 1.39. The van der Waals surface area contributed by atoms with Crippen molar-refractivity contribution in [1.29, 1.82) is 0 Å². The summed E-state index contributed by atoms with van der Waals surface area (Å²) in [6.07, 6.45) is 4.57. The van der Waals surface area contributed by atoms with E-state index in [4.69, 9.17) is 4.74 Å². The van der Waals surface area contributed by atoms with E-state index < -0.39 is 0 Å². The number of piperidine rings is 1. The fourth-order valence-electron chi connectivity index (χ4n) is 4.26. The van der Waals surface area contributed by atoms with Crippen LogP contribution in [0.3, 0.4) is 0 Å². The largest absolute Gasteiger partial charge is 0.376 e. The van der Waals surface area contributed by atoms with Crippen molar-refractivity contribution >= 4 is 35.2 Å². The van der Waals surface area contributed by atoms with Gasteiger partial charge in [0, 0.05) is 45.0 Å². The minimum Gasteiger partial charge on any atom is -0.376 e. The lowest BCUT2D eigenvalue weighted by molar-refractivity contribution is -0.113. The number of aromatic nitrogens is 3. The Bertz CT molecular complexity index is 979. The van der Waals surface area contributed by atoms with Crippen LogP contribution in [-0.4, -0.2) is 77.1 Å². The highest BCUT2D eigenvalue weighted by Crippen LogP contribution is 2.28. The van der Waals surface area contributed by atoms with Crippen LogP contribution in [0.1, 0.15) is 43.0 Å². The number of hydrogen-bond acceptors (Lipinski definition) is 7. The van der Waals surface area contributed by atoms with E-state index in [9.17, 15) is 9.59 Å². The van der Waals surface area contributed by atoms with Gasteiger partial charge in [-0.2, -0.15) is 0 Å². The predicted molar refractivity (Wildman–Crippen MR) is 133 cm³/mol. The van der Waals surface area contributed by atoms with Gasteiger partial charge in [0.15, 0.2) is 5.16 Å². The summed E-state index contributed by atoms with van der Waals surface area (Å²) in [6.45, 7) is 5.75. The van der Waals surface area contributed by atoms with E-state index >= 15 is 0 Å². The SMILES string of the molecule is CC1CCN(c2nnc(SCC(=O)Nc3ccc(C(=O)N(C)C)cc3)n2CC2CCCO2)CC1. The molecule has 1 N–H and O–H groups in total. The van der Waals surface area contributed by atoms with E-state index in [1.165, 1.54) is 16.7 Å². The van der Waals surface area contributed by atoms with Crippen LogP contribution in [0.4, 0.5) is 11.6 Å². The minimum atomic E-state index is -0.128. The van der Waals surface area contributed by atoms with E-state index in [1.54, 1.807) is 38.4 Å². The molecule has 0 saturated carbocycles. The van der Waals surface area contributed by atoms with Gasteiger partial charge in [-0.05, 0) is 55.9 Å². The van der Waals surface area contributed by atoms with Gasteiger partial charge in [0.2, 0.25) is 11.9 Å². The lowest BCUT2D eigenvalue weighted by Crippen LogP contribution is -2.35. The average Bonchev–Trinajstić information content (AvgIpc) is 3.49. The van der Waals surface area contributed by atoms with Gasteiger partial charge >= 0.3 is 0 Å². The normalized spacial score (nSPS) is 18.8. The van der Waals surface area contributed by atoms with Crippen LogP contribution < -0.4 is 10.2 Å². The lowest BCUT2D eigenvalue weighted by Gasteiger charge is -2.31. The zero-order valence-electron chi connectivity index (χ0n) is 20.2. The summed E-state index contributed by atoms with van der Waals surface area (Å²) in [5.41, 5.74) is 1.24. The Morgan fingerprint density at radius 2 is 1.88 bits per heavy atom. The van der Waals surface area contributed by atoms with Crippen LogP contribution in [0.5, 0.6) is 0 Å². The zero-order valence-corrected chi connectivity index (χ0v) is 21.0. The van der Waals surface area contributed by atoms with Crippen LogP contribution in [0, 0.1) is 5.92 Å². The lowest BCUT2D eigenvalue weighted by atomic mass is 10.00. The molecular formula is C24H34N6O3S. The highest BCUT2D eigenvalue weighted by atomic mass is 32.2. The number of carbonyl (C=O) groups excluding carboxylic acids is 2. The first-order valence-corrected chi connectivity index (χ1v) is 12.9. The maximum Gasteiger partial charge on any atom is 0.253 e. The number of amides is 2. The van der Waals surface area contributed by atoms with Crippen LogP contribution in [0.25, 0.3) is 0 Å². The molecule has 0 spiro atoms. The Kier molecular flexibility index (Phi) is 8.10. The highest BCUT2D eigenvalue weighted by molar-refractivity contribution is 7.99. The summed E-state index contributed by atoms with van der Waals surface area (Å²) in [5.74, 6) is 1.64. The summed E-state index contributed by atoms with van der Waals surface area (Å²) < 4.78 is 8.01. The van der Waals surface area contributed by atoms with Gasteiger partial charge in [0.05, 0.1) is 18.4 Å². The number of thioether (sulfide) groups is 1. The smallest absolute Gasteiger partial charge is 0.253 e. The monoisotopic (exact) mass is 486 g/mol. The summed E-state index contributed by atoms with van der Waals surface area (Å²) in [5, 5.41) is 12.6. The van der Waals surface area contributed by atoms with Gasteiger partial charge in [-0.1, -0.05) is 18.7 Å². The van der Waals surface area contributed by atoms with Crippen molar-refractivity contribution in [3.63, 3.8) is 0 Å². The van der Waals surface area contributed by atoms with Gasteiger partial charge in [0.25, 0.3) is 5.91 Å². The van der Waals surface area contributed by atoms with Crippen molar-refractivity contribution in [1.82, 2.24) is 19.7 Å². The molecule has 0 aliphatic carbocycles. The average molecular weight is 487 g/mol. The van der Waals surface area contributed by atoms with Crippen molar-refractivity contribution in [3.8, 4) is 0 Å². The molecule has 1 aromatic heterocycles. The fraction of sp³-hybridized carbons (Fsp3) is 0.583. The fourth-order valence-corrected chi connectivity index (χ4v) is 5.01. The molecule has 34 heavy (non-hydrogen) atoms. The van der Waals surface area contributed by atoms with Gasteiger partial charge in [-0.3, -0.25) is 14.2 Å². The van der Waals surface area contributed by atoms with Crippen LogP contribution in [0.2, 0.25) is 0 Å². The summed E-state index contributed by atoms with van der Waals surface area (Å²) in [4.78, 5) is 28.5. The van der Waals surface area contributed by atoms with Crippen LogP contribution in [-0.2, 0) is 16.1 Å². The number of nitrogens with one attached hydrogen (secondary N) is 1. The van der Waals surface area contributed by atoms with E-state index in [2.05, 4.69) is 31.9 Å². The molecule has 9 nitrogen and oxygen atoms in total. The van der Waals surface area contributed by atoms with Crippen molar-refractivity contribution in [2.45, 2.75) is 50.4 Å². The van der Waals surface area contributed by atoms with Gasteiger partial charge in [0.1, 0.15) is 0 Å². The Hall–Kier alpha value is -2.59. The first-order valence-electron chi connectivity index (χ1n) is 11.9. The molecule has 1 aromatic carbocycles. The molecule has 0 bridgehead atoms. The number of nitrogens with zero attached hydrogens (tertiary/aromatic N) is 5. The zero-order chi connectivity index (χ0) is 24.1. The van der Waals surface area contributed by atoms with Gasteiger partial charge < -0.3 is 19.9 Å². The second kappa shape index (κ2) is 11.2. The molecule has 2 amide bonds. The van der Waals surface area contributed by atoms with E-state index in [0.29, 0.717) is 17.8 Å². The molecular weight excluding hydrogens is 452 g/mol. The number of rotatable bonds is 8. The van der Waals surface area contributed by atoms with Crippen LogP contribution >= 0.6 is 11.8 Å². The number of hydrogen-bond donors (Lipinski definition) is 1. The Morgan fingerprint density at radius 1 is 1.15 bits per heavy atom. The van der Waals surface area contributed by atoms with Crippen molar-refractivity contribution in [2.75, 3.05) is 49.8 Å². The van der Waals surface area contributed by atoms with Crippen LogP contribution in [0.15, 0.2) is 29.4 Å². The third-order valence-electron chi connectivity index (χ3n) is 6.33. The Balaban J connectivity index is 1.39. The number of anilines is 2. The van der Waals surface area contributed by atoms with Gasteiger partial charge in [-0.15, -0.1) is 10.2 Å². The standard InChI is InChI=1S/C24H34N6O3S/c1-17-10-12-29(13-11-17)23-26-27-24(30(23)15-20-5-4-14-33-20)34-16-21(31)25-19-8-6-18(7-9-19)22(32)28(2)3/h6-9,17,20H,4-5,10-16H2,1-3H3,(H,25,31). The molecule has 2 aliphatic rings. The minimum absolute atomic E-state index is 0.0713. The molecule has 0 radical (unpaired) electrons. The predicted octanol–water partition coefficient (Wildman–Crippen LogP) is 3.13. The maximum absolute atomic E-state index is 12.6. The van der Waals surface area contributed by atoms with Gasteiger partial charge in [-0.25, -0.2) is 0 Å². The molecule has 2 aliphatic heterocycles. The molecule has 10 heteroatoms. The first kappa shape index (κ1) is 24.5. The molecule has 1 atom stereocenters. The highest BCUT2D eigenvalue weighted by Gasteiger charge is 2.26. The Labute approximate surface area is 205 Å². The topological polar surface area (TPSA) is 92.6 Å². The van der Waals surface area contributed by atoms with E-state index in [-0.39, 0.29) is 23.7 Å². The van der Waals surface area contributed by atoms with Crippen molar-refractivity contribution in [3.05, 3.63) is 29.8 Å². The third-order valence-corrected chi connectivity index (χ3v) is 7.29. The summed E-state index contributed by atoms with van der Waals surface area (Å²) in [7, 11) is 3.42. The van der Waals surface area contributed by atoms with E-state index in [1.807, 2.05) is 0 Å². The van der Waals surface area contributed by atoms with Crippen molar-refractivity contribution in [2.24, 2.45) is 5.92 Å². The Morgan fingerprint density at radius 3 is 2.53 bits per heavy atom. The maximum atomic E-state index is 12.6. The summed E-state index contributed by atoms with van der Waals surface area (Å²) in [6, 6.07) is 6.92. The second-order valence-electron chi connectivity index (χ2n) is 9.31. The number of carbonyl (C=O) groups is 2. The molecule has 2 aromatic rings. The second-order valence-corrected chi connectivity index (χ2v) is 10.3. The molecule has 2 fully saturated rings. The van der Waals surface area contributed by atoms with E-state index in [0.717, 1.165) is 62.4 Å². The third kappa shape index (κ3) is 6.09. The molecule has 4 rings (SSSR count). The van der Waals surface area contributed by atoms with Crippen molar-refractivity contribution < 1.29 is 14.3 Å². The number of benzene rings is 1. The quantitative estimate of drug-likeness (QED) is 0.573. The first-order chi connectivity index (χ1) is 16.4. The molecule has 1 unspecified atom stereocenters. The molecule has 2 saturated heterocycles. The number of ether oxygens (including phenoxy) is 1. The molecule has 3 heterocycles. The molecule has 184 valence electrons.